The van der Waals surface area contributed by atoms with Crippen molar-refractivity contribution in [3.63, 3.8) is 0 Å². The summed E-state index contributed by atoms with van der Waals surface area (Å²) in [6.45, 7) is 4.49. The Morgan fingerprint density at radius 3 is 2.00 bits per heavy atom. The molecule has 0 saturated heterocycles. The lowest BCUT2D eigenvalue weighted by Gasteiger charge is -2.01. The lowest BCUT2D eigenvalue weighted by Crippen LogP contribution is -1.89. The number of fused-ring (bicyclic) bond motifs is 1. The van der Waals surface area contributed by atoms with Gasteiger partial charge in [0.2, 0.25) is 0 Å². The smallest absolute Gasteiger partial charge is 0.0870 e. The first-order valence-corrected chi connectivity index (χ1v) is 10.5. The standard InChI is InChI=1S/C21H26S2/c1-3-5-6-7-19-14-18-15-20(23-21(18)22-19)13-12-17-10-8-16(4-2)9-11-17/h8-11,14-15H,3-7,12-13H2,1-2H3. The molecule has 0 fully saturated rings. The van der Waals surface area contributed by atoms with E-state index in [-0.39, 0.29) is 0 Å². The predicted molar refractivity (Wildman–Crippen MR) is 106 cm³/mol. The average molecular weight is 343 g/mol. The Kier molecular flexibility index (Phi) is 5.91. The van der Waals surface area contributed by atoms with Crippen LogP contribution in [0.15, 0.2) is 36.4 Å². The number of hydrogen-bond acceptors (Lipinski definition) is 2. The minimum atomic E-state index is 1.13. The summed E-state index contributed by atoms with van der Waals surface area (Å²) >= 11 is 4.02. The predicted octanol–water partition coefficient (Wildman–Crippen LogP) is 7.04. The molecule has 2 heterocycles. The average Bonchev–Trinajstić information content (AvgIpc) is 3.12. The first-order chi connectivity index (χ1) is 11.3. The molecule has 2 aromatic heterocycles. The molecule has 1 aromatic carbocycles. The topological polar surface area (TPSA) is 0 Å². The molecule has 0 spiro atoms. The molecule has 0 aliphatic heterocycles. The van der Waals surface area contributed by atoms with Gasteiger partial charge in [-0.15, -0.1) is 22.7 Å². The third-order valence-electron chi connectivity index (χ3n) is 4.43. The maximum atomic E-state index is 2.42. The zero-order chi connectivity index (χ0) is 16.1. The number of aryl methyl sites for hydroxylation is 4. The van der Waals surface area contributed by atoms with E-state index in [2.05, 4.69) is 50.2 Å². The van der Waals surface area contributed by atoms with Crippen LogP contribution < -0.4 is 0 Å². The minimum Gasteiger partial charge on any atom is -0.129 e. The molecule has 3 rings (SSSR count). The normalized spacial score (nSPS) is 11.4. The van der Waals surface area contributed by atoms with Gasteiger partial charge in [-0.2, -0.15) is 0 Å². The van der Waals surface area contributed by atoms with Crippen LogP contribution in [0.2, 0.25) is 0 Å². The Labute approximate surface area is 148 Å². The first kappa shape index (κ1) is 16.7. The lowest BCUT2D eigenvalue weighted by atomic mass is 10.1. The van der Waals surface area contributed by atoms with Crippen LogP contribution in [-0.4, -0.2) is 0 Å². The molecular formula is C21H26S2. The molecule has 0 saturated carbocycles. The first-order valence-electron chi connectivity index (χ1n) is 8.87. The van der Waals surface area contributed by atoms with Crippen molar-refractivity contribution in [2.45, 2.75) is 58.8 Å². The van der Waals surface area contributed by atoms with Crippen molar-refractivity contribution in [2.75, 3.05) is 0 Å². The third-order valence-corrected chi connectivity index (χ3v) is 6.94. The van der Waals surface area contributed by atoms with Crippen molar-refractivity contribution in [1.82, 2.24) is 0 Å². The Morgan fingerprint density at radius 2 is 1.39 bits per heavy atom. The number of hydrogen-bond donors (Lipinski definition) is 0. The monoisotopic (exact) mass is 342 g/mol. The molecule has 122 valence electrons. The van der Waals surface area contributed by atoms with E-state index in [0.717, 1.165) is 12.8 Å². The van der Waals surface area contributed by atoms with E-state index in [1.807, 2.05) is 22.7 Å². The van der Waals surface area contributed by atoms with Gasteiger partial charge in [-0.05, 0) is 55.4 Å². The van der Waals surface area contributed by atoms with Gasteiger partial charge in [0.1, 0.15) is 0 Å². The van der Waals surface area contributed by atoms with E-state index in [1.54, 1.807) is 4.88 Å². The Hall–Kier alpha value is -1.12. The van der Waals surface area contributed by atoms with Crippen LogP contribution in [0, 0.1) is 0 Å². The van der Waals surface area contributed by atoms with Crippen LogP contribution in [0.1, 0.15) is 54.0 Å². The molecular weight excluding hydrogens is 316 g/mol. The van der Waals surface area contributed by atoms with Gasteiger partial charge in [0.25, 0.3) is 0 Å². The van der Waals surface area contributed by atoms with Crippen LogP contribution in [0.4, 0.5) is 0 Å². The van der Waals surface area contributed by atoms with Crippen molar-refractivity contribution < 1.29 is 0 Å². The quantitative estimate of drug-likeness (QED) is 0.385. The van der Waals surface area contributed by atoms with Crippen molar-refractivity contribution in [3.05, 3.63) is 57.3 Å². The summed E-state index contributed by atoms with van der Waals surface area (Å²) in [6.07, 6.45) is 8.71. The van der Waals surface area contributed by atoms with Crippen molar-refractivity contribution in [3.8, 4) is 0 Å². The summed E-state index contributed by atoms with van der Waals surface area (Å²) < 4.78 is 1.52. The summed E-state index contributed by atoms with van der Waals surface area (Å²) in [5, 5.41) is 1.47. The molecule has 3 aromatic rings. The van der Waals surface area contributed by atoms with Gasteiger partial charge < -0.3 is 0 Å². The fourth-order valence-electron chi connectivity index (χ4n) is 2.95. The summed E-state index contributed by atoms with van der Waals surface area (Å²) in [7, 11) is 0. The second-order valence-corrected chi connectivity index (χ2v) is 8.83. The molecule has 0 atom stereocenters. The van der Waals surface area contributed by atoms with Gasteiger partial charge in [-0.25, -0.2) is 0 Å². The summed E-state index contributed by atoms with van der Waals surface area (Å²) in [5.41, 5.74) is 2.89. The van der Waals surface area contributed by atoms with Gasteiger partial charge in [0.15, 0.2) is 0 Å². The summed E-state index contributed by atoms with van der Waals surface area (Å²) in [6, 6.07) is 14.0. The van der Waals surface area contributed by atoms with E-state index >= 15 is 0 Å². The van der Waals surface area contributed by atoms with Gasteiger partial charge in [-0.3, -0.25) is 0 Å². The SMILES string of the molecule is CCCCCc1cc2cc(CCc3ccc(CC)cc3)sc2s1. The van der Waals surface area contributed by atoms with Crippen molar-refractivity contribution in [2.24, 2.45) is 0 Å². The van der Waals surface area contributed by atoms with E-state index in [0.29, 0.717) is 0 Å². The lowest BCUT2D eigenvalue weighted by molar-refractivity contribution is 0.723. The molecule has 2 heteroatoms. The number of thiophene rings is 2. The molecule has 0 nitrogen and oxygen atoms in total. The number of benzene rings is 1. The highest BCUT2D eigenvalue weighted by molar-refractivity contribution is 7.38. The Balaban J connectivity index is 1.58. The summed E-state index contributed by atoms with van der Waals surface area (Å²) in [5.74, 6) is 0. The molecule has 0 unspecified atom stereocenters. The van der Waals surface area contributed by atoms with Gasteiger partial charge in [0.05, 0.1) is 4.01 Å². The van der Waals surface area contributed by atoms with Crippen LogP contribution in [0.25, 0.3) is 9.40 Å². The highest BCUT2D eigenvalue weighted by Crippen LogP contribution is 2.34. The zero-order valence-electron chi connectivity index (χ0n) is 14.2. The maximum Gasteiger partial charge on any atom is 0.0870 e. The van der Waals surface area contributed by atoms with E-state index < -0.39 is 0 Å². The zero-order valence-corrected chi connectivity index (χ0v) is 15.9. The Morgan fingerprint density at radius 1 is 0.739 bits per heavy atom. The van der Waals surface area contributed by atoms with Crippen LogP contribution in [0.3, 0.4) is 0 Å². The molecule has 0 aliphatic rings. The van der Waals surface area contributed by atoms with Crippen molar-refractivity contribution in [1.29, 1.82) is 0 Å². The fraction of sp³-hybridized carbons (Fsp3) is 0.429. The number of rotatable bonds is 8. The van der Waals surface area contributed by atoms with Crippen LogP contribution in [0.5, 0.6) is 0 Å². The molecule has 23 heavy (non-hydrogen) atoms. The highest BCUT2D eigenvalue weighted by Gasteiger charge is 2.07. The molecule has 0 N–H and O–H groups in total. The van der Waals surface area contributed by atoms with Crippen molar-refractivity contribution >= 4 is 32.1 Å². The van der Waals surface area contributed by atoms with E-state index in [4.69, 9.17) is 0 Å². The van der Waals surface area contributed by atoms with Gasteiger partial charge >= 0.3 is 0 Å². The summed E-state index contributed by atoms with van der Waals surface area (Å²) in [4.78, 5) is 3.10. The third kappa shape index (κ3) is 4.45. The second kappa shape index (κ2) is 8.12. The van der Waals surface area contributed by atoms with E-state index in [9.17, 15) is 0 Å². The second-order valence-electron chi connectivity index (χ2n) is 6.30. The molecule has 0 radical (unpaired) electrons. The minimum absolute atomic E-state index is 1.13. The molecule has 0 aliphatic carbocycles. The largest absolute Gasteiger partial charge is 0.129 e. The molecule has 0 amide bonds. The van der Waals surface area contributed by atoms with Crippen LogP contribution in [-0.2, 0) is 25.7 Å². The fourth-order valence-corrected chi connectivity index (χ4v) is 5.53. The Bertz CT molecular complexity index is 699. The number of unbranched alkanes of at least 4 members (excludes halogenated alkanes) is 2. The van der Waals surface area contributed by atoms with Gasteiger partial charge in [0, 0.05) is 15.1 Å². The van der Waals surface area contributed by atoms with E-state index in [1.165, 1.54) is 57.5 Å². The molecule has 0 bridgehead atoms. The van der Waals surface area contributed by atoms with Gasteiger partial charge in [-0.1, -0.05) is 51.0 Å². The highest BCUT2D eigenvalue weighted by atomic mass is 32.2. The maximum absolute atomic E-state index is 2.42. The van der Waals surface area contributed by atoms with Crippen LogP contribution >= 0.6 is 22.7 Å².